The molecule has 1 aliphatic carbocycles. The molecule has 0 saturated carbocycles. The van der Waals surface area contributed by atoms with Crippen molar-refractivity contribution in [3.8, 4) is 0 Å². The lowest BCUT2D eigenvalue weighted by Gasteiger charge is -2.10. The summed E-state index contributed by atoms with van der Waals surface area (Å²) in [5.41, 5.74) is 3.94. The van der Waals surface area contributed by atoms with E-state index in [4.69, 9.17) is 11.6 Å². The fourth-order valence-electron chi connectivity index (χ4n) is 3.53. The molecule has 1 aliphatic heterocycles. The molecule has 3 N–H and O–H groups in total. The molecule has 2 heterocycles. The number of hydrogen-bond donors (Lipinski definition) is 3. The predicted octanol–water partition coefficient (Wildman–Crippen LogP) is 2.38. The van der Waals surface area contributed by atoms with Gasteiger partial charge in [0.2, 0.25) is 0 Å². The van der Waals surface area contributed by atoms with E-state index in [0.717, 1.165) is 42.9 Å². The maximum absolute atomic E-state index is 12.4. The van der Waals surface area contributed by atoms with Crippen LogP contribution in [-0.4, -0.2) is 28.7 Å². The zero-order valence-corrected chi connectivity index (χ0v) is 13.5. The highest BCUT2D eigenvalue weighted by Gasteiger charge is 2.25. The zero-order chi connectivity index (χ0) is 15.8. The van der Waals surface area contributed by atoms with E-state index >= 15 is 0 Å². The van der Waals surface area contributed by atoms with E-state index in [1.165, 1.54) is 11.1 Å². The predicted molar refractivity (Wildman–Crippen MR) is 88.7 cm³/mol. The van der Waals surface area contributed by atoms with Gasteiger partial charge in [0, 0.05) is 17.1 Å². The maximum Gasteiger partial charge on any atom is 0.272 e. The second kappa shape index (κ2) is 5.98. The minimum Gasteiger partial charge on any atom is -0.347 e. The number of benzene rings is 1. The number of aromatic amines is 1. The number of carbonyl (C=O) groups excluding carboxylic acids is 1. The third kappa shape index (κ3) is 2.99. The Morgan fingerprint density at radius 1 is 1.26 bits per heavy atom. The molecule has 120 valence electrons. The van der Waals surface area contributed by atoms with Gasteiger partial charge in [-0.05, 0) is 61.6 Å². The summed E-state index contributed by atoms with van der Waals surface area (Å²) < 4.78 is 0. The van der Waals surface area contributed by atoms with Gasteiger partial charge in [-0.1, -0.05) is 17.7 Å². The fraction of sp³-hybridized carbons (Fsp3) is 0.412. The molecule has 1 aromatic heterocycles. The molecule has 0 radical (unpaired) electrons. The Kier molecular flexibility index (Phi) is 3.83. The van der Waals surface area contributed by atoms with Crippen LogP contribution in [0.5, 0.6) is 0 Å². The van der Waals surface area contributed by atoms with E-state index in [1.54, 1.807) is 0 Å². The lowest BCUT2D eigenvalue weighted by Crippen LogP contribution is -2.35. The van der Waals surface area contributed by atoms with Crippen LogP contribution in [0.25, 0.3) is 0 Å². The Balaban J connectivity index is 1.41. The molecule has 2 atom stereocenters. The second-order valence-corrected chi connectivity index (χ2v) is 6.79. The van der Waals surface area contributed by atoms with Gasteiger partial charge in [-0.2, -0.15) is 5.10 Å². The molecule has 2 aromatic rings. The summed E-state index contributed by atoms with van der Waals surface area (Å²) in [5.74, 6) is -0.116. The van der Waals surface area contributed by atoms with Crippen LogP contribution < -0.4 is 10.6 Å². The largest absolute Gasteiger partial charge is 0.347 e. The summed E-state index contributed by atoms with van der Waals surface area (Å²) in [7, 11) is 0. The highest BCUT2D eigenvalue weighted by molar-refractivity contribution is 6.30. The number of nitrogens with one attached hydrogen (secondary N) is 3. The molecule has 0 bridgehead atoms. The molecule has 2 aliphatic rings. The molecule has 1 aromatic carbocycles. The highest BCUT2D eigenvalue weighted by atomic mass is 35.5. The minimum absolute atomic E-state index is 0.112. The van der Waals surface area contributed by atoms with Gasteiger partial charge in [-0.3, -0.25) is 9.89 Å². The van der Waals surface area contributed by atoms with Crippen molar-refractivity contribution < 1.29 is 4.79 Å². The average molecular weight is 331 g/mol. The lowest BCUT2D eigenvalue weighted by atomic mass is 10.1. The summed E-state index contributed by atoms with van der Waals surface area (Å²) >= 11 is 6.03. The molecule has 2 unspecified atom stereocenters. The highest BCUT2D eigenvalue weighted by Crippen LogP contribution is 2.26. The van der Waals surface area contributed by atoms with Crippen LogP contribution in [0.4, 0.5) is 0 Å². The Morgan fingerprint density at radius 2 is 2.13 bits per heavy atom. The molecular formula is C17H19ClN4O. The number of hydrogen-bond acceptors (Lipinski definition) is 3. The van der Waals surface area contributed by atoms with Crippen molar-refractivity contribution in [2.24, 2.45) is 0 Å². The number of halogens is 1. The van der Waals surface area contributed by atoms with Crippen molar-refractivity contribution in [2.45, 2.75) is 37.8 Å². The SMILES string of the molecule is O=C(NC1Cc2ccc(Cl)cc2C1)c1cc(C2CCCN2)[nH]n1. The molecule has 1 amide bonds. The summed E-state index contributed by atoms with van der Waals surface area (Å²) in [4.78, 5) is 12.4. The molecule has 4 rings (SSSR count). The van der Waals surface area contributed by atoms with Gasteiger partial charge in [0.1, 0.15) is 5.69 Å². The first-order valence-electron chi connectivity index (χ1n) is 8.06. The summed E-state index contributed by atoms with van der Waals surface area (Å²) in [6, 6.07) is 8.20. The number of H-pyrrole nitrogens is 1. The van der Waals surface area contributed by atoms with E-state index in [-0.39, 0.29) is 11.9 Å². The molecule has 0 spiro atoms. The number of fused-ring (bicyclic) bond motifs is 1. The smallest absolute Gasteiger partial charge is 0.272 e. The first-order chi connectivity index (χ1) is 11.2. The number of nitrogens with zero attached hydrogens (tertiary/aromatic N) is 1. The Morgan fingerprint density at radius 3 is 2.96 bits per heavy atom. The van der Waals surface area contributed by atoms with Gasteiger partial charge in [-0.25, -0.2) is 0 Å². The number of carbonyl (C=O) groups is 1. The van der Waals surface area contributed by atoms with Crippen molar-refractivity contribution in [1.82, 2.24) is 20.8 Å². The molecular weight excluding hydrogens is 312 g/mol. The van der Waals surface area contributed by atoms with Crippen LogP contribution in [0.3, 0.4) is 0 Å². The molecule has 5 nitrogen and oxygen atoms in total. The first kappa shape index (κ1) is 14.7. The van der Waals surface area contributed by atoms with E-state index < -0.39 is 0 Å². The summed E-state index contributed by atoms with van der Waals surface area (Å²) in [6.45, 7) is 1.02. The summed E-state index contributed by atoms with van der Waals surface area (Å²) in [5, 5.41) is 14.4. The van der Waals surface area contributed by atoms with Crippen LogP contribution in [0.2, 0.25) is 5.02 Å². The van der Waals surface area contributed by atoms with Crippen molar-refractivity contribution in [1.29, 1.82) is 0 Å². The zero-order valence-electron chi connectivity index (χ0n) is 12.7. The molecule has 6 heteroatoms. The monoisotopic (exact) mass is 330 g/mol. The van der Waals surface area contributed by atoms with Crippen molar-refractivity contribution in [3.63, 3.8) is 0 Å². The fourth-order valence-corrected chi connectivity index (χ4v) is 3.72. The third-order valence-electron chi connectivity index (χ3n) is 4.70. The van der Waals surface area contributed by atoms with Gasteiger partial charge in [0.15, 0.2) is 0 Å². The first-order valence-corrected chi connectivity index (χ1v) is 8.44. The van der Waals surface area contributed by atoms with E-state index in [2.05, 4.69) is 20.8 Å². The van der Waals surface area contributed by atoms with Gasteiger partial charge in [-0.15, -0.1) is 0 Å². The quantitative estimate of drug-likeness (QED) is 0.809. The van der Waals surface area contributed by atoms with Crippen LogP contribution in [0.1, 0.15) is 46.2 Å². The number of amides is 1. The molecule has 1 fully saturated rings. The summed E-state index contributed by atoms with van der Waals surface area (Å²) in [6.07, 6.45) is 3.92. The molecule has 23 heavy (non-hydrogen) atoms. The van der Waals surface area contributed by atoms with Gasteiger partial charge < -0.3 is 10.6 Å². The van der Waals surface area contributed by atoms with Crippen LogP contribution in [-0.2, 0) is 12.8 Å². The second-order valence-electron chi connectivity index (χ2n) is 6.35. The van der Waals surface area contributed by atoms with Crippen LogP contribution >= 0.6 is 11.6 Å². The maximum atomic E-state index is 12.4. The normalized spacial score (nSPS) is 23.0. The van der Waals surface area contributed by atoms with E-state index in [1.807, 2.05) is 24.3 Å². The lowest BCUT2D eigenvalue weighted by molar-refractivity contribution is 0.0933. The van der Waals surface area contributed by atoms with Crippen molar-refractivity contribution in [3.05, 3.63) is 51.8 Å². The van der Waals surface area contributed by atoms with Crippen LogP contribution in [0, 0.1) is 0 Å². The topological polar surface area (TPSA) is 69.8 Å². The van der Waals surface area contributed by atoms with E-state index in [0.29, 0.717) is 11.7 Å². The van der Waals surface area contributed by atoms with Crippen molar-refractivity contribution >= 4 is 17.5 Å². The van der Waals surface area contributed by atoms with Gasteiger partial charge in [0.05, 0.1) is 5.69 Å². The van der Waals surface area contributed by atoms with Crippen molar-refractivity contribution in [2.75, 3.05) is 6.54 Å². The Labute approximate surface area is 139 Å². The Bertz CT molecular complexity index is 736. The minimum atomic E-state index is -0.116. The number of rotatable bonds is 3. The number of aromatic nitrogens is 2. The van der Waals surface area contributed by atoms with E-state index in [9.17, 15) is 4.79 Å². The Hall–Kier alpha value is -1.85. The van der Waals surface area contributed by atoms with Crippen LogP contribution in [0.15, 0.2) is 24.3 Å². The molecule has 1 saturated heterocycles. The average Bonchev–Trinajstić information content (AvgIpc) is 3.26. The van der Waals surface area contributed by atoms with Gasteiger partial charge in [0.25, 0.3) is 5.91 Å². The standard InChI is InChI=1S/C17H19ClN4O/c18-12-4-3-10-7-13(8-11(10)6-12)20-17(23)16-9-15(21-22-16)14-2-1-5-19-14/h3-4,6,9,13-14,19H,1-2,5,7-8H2,(H,20,23)(H,21,22). The third-order valence-corrected chi connectivity index (χ3v) is 4.94. The van der Waals surface area contributed by atoms with Gasteiger partial charge >= 0.3 is 0 Å².